The zero-order chi connectivity index (χ0) is 11.5. The van der Waals surface area contributed by atoms with Crippen molar-refractivity contribution < 1.29 is 4.79 Å². The van der Waals surface area contributed by atoms with Gasteiger partial charge in [-0.05, 0) is 18.0 Å². The van der Waals surface area contributed by atoms with E-state index in [1.54, 1.807) is 10.1 Å². The van der Waals surface area contributed by atoms with Crippen LogP contribution in [0.3, 0.4) is 0 Å². The van der Waals surface area contributed by atoms with Gasteiger partial charge in [0.25, 0.3) is 0 Å². The Balaban J connectivity index is 2.39. The SMILES string of the molecule is CCCn1ncc(Cl)c1C(=O)c1csnn1. The van der Waals surface area contributed by atoms with Gasteiger partial charge in [0, 0.05) is 11.9 Å². The summed E-state index contributed by atoms with van der Waals surface area (Å²) >= 11 is 7.08. The summed E-state index contributed by atoms with van der Waals surface area (Å²) in [6.45, 7) is 2.67. The van der Waals surface area contributed by atoms with E-state index in [2.05, 4.69) is 14.7 Å². The van der Waals surface area contributed by atoms with Gasteiger partial charge in [0.15, 0.2) is 0 Å². The zero-order valence-corrected chi connectivity index (χ0v) is 10.1. The average molecular weight is 257 g/mol. The van der Waals surface area contributed by atoms with E-state index in [1.807, 2.05) is 6.92 Å². The maximum atomic E-state index is 12.0. The van der Waals surface area contributed by atoms with Crippen molar-refractivity contribution in [1.82, 2.24) is 19.4 Å². The van der Waals surface area contributed by atoms with Gasteiger partial charge in [0.05, 0.1) is 11.2 Å². The van der Waals surface area contributed by atoms with Crippen LogP contribution in [0.1, 0.15) is 29.5 Å². The fourth-order valence-corrected chi connectivity index (χ4v) is 2.02. The van der Waals surface area contributed by atoms with Crippen molar-refractivity contribution in [3.8, 4) is 0 Å². The third-order valence-corrected chi connectivity index (χ3v) is 2.82. The van der Waals surface area contributed by atoms with Crippen molar-refractivity contribution in [1.29, 1.82) is 0 Å². The van der Waals surface area contributed by atoms with Crippen molar-refractivity contribution in [2.45, 2.75) is 19.9 Å². The molecular formula is C9H9ClN4OS. The van der Waals surface area contributed by atoms with E-state index in [4.69, 9.17) is 11.6 Å². The van der Waals surface area contributed by atoms with E-state index < -0.39 is 0 Å². The van der Waals surface area contributed by atoms with Gasteiger partial charge in [-0.3, -0.25) is 9.48 Å². The quantitative estimate of drug-likeness (QED) is 0.786. The summed E-state index contributed by atoms with van der Waals surface area (Å²) in [5.74, 6) is -0.232. The summed E-state index contributed by atoms with van der Waals surface area (Å²) < 4.78 is 5.26. The lowest BCUT2D eigenvalue weighted by Gasteiger charge is -2.03. The van der Waals surface area contributed by atoms with Crippen LogP contribution in [0.25, 0.3) is 0 Å². The first-order valence-corrected chi connectivity index (χ1v) is 5.98. The lowest BCUT2D eigenvalue weighted by molar-refractivity contribution is 0.102. The predicted octanol–water partition coefficient (Wildman–Crippen LogP) is 2.03. The normalized spacial score (nSPS) is 10.6. The Morgan fingerprint density at radius 2 is 2.44 bits per heavy atom. The summed E-state index contributed by atoms with van der Waals surface area (Å²) in [7, 11) is 0. The van der Waals surface area contributed by atoms with Crippen LogP contribution in [0.2, 0.25) is 5.02 Å². The second-order valence-corrected chi connectivity index (χ2v) is 4.20. The van der Waals surface area contributed by atoms with E-state index in [9.17, 15) is 4.79 Å². The van der Waals surface area contributed by atoms with Crippen LogP contribution in [0, 0.1) is 0 Å². The van der Waals surface area contributed by atoms with E-state index in [0.717, 1.165) is 18.0 Å². The second kappa shape index (κ2) is 4.71. The highest BCUT2D eigenvalue weighted by Gasteiger charge is 2.20. The molecular weight excluding hydrogens is 248 g/mol. The highest BCUT2D eigenvalue weighted by molar-refractivity contribution is 7.03. The Hall–Kier alpha value is -1.27. The molecule has 0 aliphatic heterocycles. The molecule has 0 radical (unpaired) electrons. The number of carbonyl (C=O) groups is 1. The van der Waals surface area contributed by atoms with Gasteiger partial charge < -0.3 is 0 Å². The number of halogens is 1. The van der Waals surface area contributed by atoms with E-state index >= 15 is 0 Å². The smallest absolute Gasteiger partial charge is 0.233 e. The van der Waals surface area contributed by atoms with Crippen LogP contribution in [0.4, 0.5) is 0 Å². The minimum Gasteiger partial charge on any atom is -0.285 e. The van der Waals surface area contributed by atoms with Gasteiger partial charge in [0.1, 0.15) is 11.4 Å². The molecule has 2 rings (SSSR count). The molecule has 0 atom stereocenters. The lowest BCUT2D eigenvalue weighted by Crippen LogP contribution is -2.12. The Kier molecular flexibility index (Phi) is 3.31. The number of hydrogen-bond acceptors (Lipinski definition) is 5. The molecule has 0 unspecified atom stereocenters. The van der Waals surface area contributed by atoms with Gasteiger partial charge in [0.2, 0.25) is 5.78 Å². The van der Waals surface area contributed by atoms with Crippen molar-refractivity contribution in [2.75, 3.05) is 0 Å². The third kappa shape index (κ3) is 1.98. The zero-order valence-electron chi connectivity index (χ0n) is 8.55. The number of rotatable bonds is 4. The lowest BCUT2D eigenvalue weighted by atomic mass is 10.2. The van der Waals surface area contributed by atoms with E-state index in [-0.39, 0.29) is 5.78 Å². The first kappa shape index (κ1) is 11.2. The topological polar surface area (TPSA) is 60.7 Å². The molecule has 2 aromatic rings. The maximum absolute atomic E-state index is 12.0. The number of carbonyl (C=O) groups excluding carboxylic acids is 1. The Bertz CT molecular complexity index is 494. The first-order valence-electron chi connectivity index (χ1n) is 4.77. The molecule has 0 aliphatic rings. The van der Waals surface area contributed by atoms with Gasteiger partial charge >= 0.3 is 0 Å². The van der Waals surface area contributed by atoms with E-state index in [0.29, 0.717) is 23.0 Å². The number of aryl methyl sites for hydroxylation is 1. The molecule has 2 heterocycles. The molecule has 16 heavy (non-hydrogen) atoms. The number of aromatic nitrogens is 4. The summed E-state index contributed by atoms with van der Waals surface area (Å²) in [5, 5.41) is 9.74. The van der Waals surface area contributed by atoms with Crippen LogP contribution in [0.5, 0.6) is 0 Å². The predicted molar refractivity (Wildman–Crippen MR) is 60.9 cm³/mol. The number of nitrogens with zero attached hydrogens (tertiary/aromatic N) is 4. The van der Waals surface area contributed by atoms with Crippen molar-refractivity contribution in [3.05, 3.63) is 28.0 Å². The average Bonchev–Trinajstić information content (AvgIpc) is 2.88. The number of hydrogen-bond donors (Lipinski definition) is 0. The standard InChI is InChI=1S/C9H9ClN4OS/c1-2-3-14-8(6(10)4-11-14)9(15)7-5-16-13-12-7/h4-5H,2-3H2,1H3. The minimum absolute atomic E-state index is 0.232. The molecule has 0 saturated carbocycles. The van der Waals surface area contributed by atoms with Gasteiger partial charge in [-0.25, -0.2) is 0 Å². The van der Waals surface area contributed by atoms with E-state index in [1.165, 1.54) is 6.20 Å². The van der Waals surface area contributed by atoms with Crippen molar-refractivity contribution in [2.24, 2.45) is 0 Å². The molecule has 2 aromatic heterocycles. The Labute approximate surface area is 101 Å². The molecule has 0 aromatic carbocycles. The Morgan fingerprint density at radius 3 is 3.06 bits per heavy atom. The highest BCUT2D eigenvalue weighted by atomic mass is 35.5. The minimum atomic E-state index is -0.232. The second-order valence-electron chi connectivity index (χ2n) is 3.18. The molecule has 0 spiro atoms. The third-order valence-electron chi connectivity index (χ3n) is 2.04. The van der Waals surface area contributed by atoms with Crippen molar-refractivity contribution in [3.63, 3.8) is 0 Å². The molecule has 0 bridgehead atoms. The van der Waals surface area contributed by atoms with Crippen LogP contribution in [0.15, 0.2) is 11.6 Å². The summed E-state index contributed by atoms with van der Waals surface area (Å²) in [4.78, 5) is 12.0. The largest absolute Gasteiger partial charge is 0.285 e. The summed E-state index contributed by atoms with van der Waals surface area (Å²) in [6, 6.07) is 0. The molecule has 0 fully saturated rings. The molecule has 5 nitrogen and oxygen atoms in total. The number of ketones is 1. The summed E-state index contributed by atoms with van der Waals surface area (Å²) in [6.07, 6.45) is 2.36. The van der Waals surface area contributed by atoms with Crippen LogP contribution < -0.4 is 0 Å². The molecule has 0 saturated heterocycles. The van der Waals surface area contributed by atoms with Crippen LogP contribution in [-0.2, 0) is 6.54 Å². The highest BCUT2D eigenvalue weighted by Crippen LogP contribution is 2.19. The monoisotopic (exact) mass is 256 g/mol. The van der Waals surface area contributed by atoms with Crippen LogP contribution >= 0.6 is 23.1 Å². The first-order chi connectivity index (χ1) is 7.74. The molecule has 0 N–H and O–H groups in total. The van der Waals surface area contributed by atoms with Gasteiger partial charge in [-0.15, -0.1) is 5.10 Å². The van der Waals surface area contributed by atoms with Crippen LogP contribution in [-0.4, -0.2) is 25.2 Å². The summed E-state index contributed by atoms with van der Waals surface area (Å²) in [5.41, 5.74) is 0.695. The fourth-order valence-electron chi connectivity index (χ4n) is 1.35. The fraction of sp³-hybridized carbons (Fsp3) is 0.333. The van der Waals surface area contributed by atoms with Crippen molar-refractivity contribution >= 4 is 28.9 Å². The molecule has 0 aliphatic carbocycles. The molecule has 84 valence electrons. The Morgan fingerprint density at radius 1 is 1.62 bits per heavy atom. The van der Waals surface area contributed by atoms with Gasteiger partial charge in [-0.1, -0.05) is 23.0 Å². The van der Waals surface area contributed by atoms with Gasteiger partial charge in [-0.2, -0.15) is 5.10 Å². The molecule has 0 amide bonds. The molecule has 7 heteroatoms. The maximum Gasteiger partial charge on any atom is 0.233 e.